The first-order valence-electron chi connectivity index (χ1n) is 9.89. The summed E-state index contributed by atoms with van der Waals surface area (Å²) in [5.74, 6) is -0.278. The van der Waals surface area contributed by atoms with Crippen LogP contribution in [0.3, 0.4) is 0 Å². The van der Waals surface area contributed by atoms with Gasteiger partial charge in [0.2, 0.25) is 5.91 Å². The van der Waals surface area contributed by atoms with Crippen LogP contribution in [0.4, 0.5) is 10.5 Å². The molecule has 30 heavy (non-hydrogen) atoms. The maximum Gasteiger partial charge on any atom is 0.411 e. The Labute approximate surface area is 182 Å². The summed E-state index contributed by atoms with van der Waals surface area (Å²) in [6.45, 7) is 2.74. The lowest BCUT2D eigenvalue weighted by Gasteiger charge is -2.17. The number of aryl methyl sites for hydroxylation is 1. The summed E-state index contributed by atoms with van der Waals surface area (Å²) in [5.41, 5.74) is 2.80. The minimum atomic E-state index is -0.573. The van der Waals surface area contributed by atoms with Crippen molar-refractivity contribution in [3.05, 3.63) is 64.7 Å². The van der Waals surface area contributed by atoms with E-state index in [-0.39, 0.29) is 31.6 Å². The number of rotatable bonds is 11. The van der Waals surface area contributed by atoms with Crippen LogP contribution in [0.25, 0.3) is 0 Å². The molecule has 3 N–H and O–H groups in total. The summed E-state index contributed by atoms with van der Waals surface area (Å²) in [7, 11) is 1.76. The Balaban J connectivity index is 1.63. The number of carbonyl (C=O) groups excluding carboxylic acids is 2. The van der Waals surface area contributed by atoms with Gasteiger partial charge in [0, 0.05) is 17.3 Å². The van der Waals surface area contributed by atoms with Crippen LogP contribution in [0.2, 0.25) is 5.02 Å². The van der Waals surface area contributed by atoms with Crippen LogP contribution in [-0.4, -0.2) is 38.4 Å². The second-order valence-electron chi connectivity index (χ2n) is 6.60. The molecule has 161 valence electrons. The molecule has 0 heterocycles. The first-order valence-corrected chi connectivity index (χ1v) is 10.3. The Morgan fingerprint density at radius 1 is 1.13 bits per heavy atom. The average molecular weight is 432 g/mol. The van der Waals surface area contributed by atoms with E-state index in [9.17, 15) is 9.59 Å². The topological polar surface area (TPSA) is 93.6 Å². The zero-order valence-corrected chi connectivity index (χ0v) is 18.0. The first kappa shape index (κ1) is 23.7. The molecule has 0 aliphatic carbocycles. The van der Waals surface area contributed by atoms with Gasteiger partial charge < -0.3 is 10.1 Å². The smallest absolute Gasteiger partial charge is 0.411 e. The number of hydrogen-bond acceptors (Lipinski definition) is 5. The zero-order valence-electron chi connectivity index (χ0n) is 17.3. The molecular weight excluding hydrogens is 404 g/mol. The van der Waals surface area contributed by atoms with Crippen LogP contribution in [0.1, 0.15) is 24.5 Å². The number of carbonyl (C=O) groups is 2. The van der Waals surface area contributed by atoms with E-state index in [2.05, 4.69) is 28.2 Å². The molecule has 1 atom stereocenters. The predicted octanol–water partition coefficient (Wildman–Crippen LogP) is 3.31. The number of nitrogens with one attached hydrogen (secondary N) is 3. The van der Waals surface area contributed by atoms with E-state index < -0.39 is 6.09 Å². The maximum atomic E-state index is 12.1. The van der Waals surface area contributed by atoms with Gasteiger partial charge in [0.25, 0.3) is 0 Å². The number of benzene rings is 2. The van der Waals surface area contributed by atoms with Crippen molar-refractivity contribution >= 4 is 29.3 Å². The molecule has 2 rings (SSSR count). The highest BCUT2D eigenvalue weighted by Gasteiger charge is 2.13. The van der Waals surface area contributed by atoms with Gasteiger partial charge in [0.05, 0.1) is 19.1 Å². The molecule has 0 saturated heterocycles. The van der Waals surface area contributed by atoms with Gasteiger partial charge in [-0.2, -0.15) is 0 Å². The van der Waals surface area contributed by atoms with Crippen LogP contribution >= 0.6 is 11.6 Å². The van der Waals surface area contributed by atoms with Gasteiger partial charge in [-0.15, -0.1) is 0 Å². The van der Waals surface area contributed by atoms with E-state index in [1.165, 1.54) is 5.56 Å². The number of hydrogen-bond donors (Lipinski definition) is 3. The number of anilines is 1. The Morgan fingerprint density at radius 3 is 2.53 bits per heavy atom. The zero-order chi connectivity index (χ0) is 21.8. The minimum absolute atomic E-state index is 0.0297. The van der Waals surface area contributed by atoms with Crippen LogP contribution in [-0.2, 0) is 22.5 Å². The highest BCUT2D eigenvalue weighted by molar-refractivity contribution is 6.31. The van der Waals surface area contributed by atoms with E-state index in [0.29, 0.717) is 17.3 Å². The van der Waals surface area contributed by atoms with E-state index in [4.69, 9.17) is 16.3 Å². The van der Waals surface area contributed by atoms with E-state index in [1.807, 2.05) is 48.5 Å². The van der Waals surface area contributed by atoms with Crippen LogP contribution in [0.15, 0.2) is 48.5 Å². The lowest BCUT2D eigenvalue weighted by molar-refractivity contribution is -0.122. The van der Waals surface area contributed by atoms with E-state index in [1.54, 1.807) is 7.05 Å². The summed E-state index contributed by atoms with van der Waals surface area (Å²) in [6.07, 6.45) is 0.297. The summed E-state index contributed by atoms with van der Waals surface area (Å²) < 4.78 is 5.06. The molecule has 0 spiro atoms. The number of nitrogens with zero attached hydrogens (tertiary/aromatic N) is 1. The molecule has 1 radical (unpaired) electrons. The van der Waals surface area contributed by atoms with Gasteiger partial charge in [-0.3, -0.25) is 15.4 Å². The summed E-state index contributed by atoms with van der Waals surface area (Å²) in [5, 5.41) is 13.5. The first-order chi connectivity index (χ1) is 14.5. The Kier molecular flexibility index (Phi) is 10.1. The highest BCUT2D eigenvalue weighted by atomic mass is 35.5. The third-order valence-corrected chi connectivity index (χ3v) is 4.81. The van der Waals surface area contributed by atoms with Crippen LogP contribution in [0, 0.1) is 0 Å². The Morgan fingerprint density at radius 2 is 1.87 bits per heavy atom. The normalized spacial score (nSPS) is 11.6. The molecule has 7 nitrogen and oxygen atoms in total. The van der Waals surface area contributed by atoms with Crippen molar-refractivity contribution in [3.63, 3.8) is 0 Å². The van der Waals surface area contributed by atoms with Crippen LogP contribution < -0.4 is 21.3 Å². The molecule has 0 bridgehead atoms. The second-order valence-corrected chi connectivity index (χ2v) is 7.01. The molecule has 2 aromatic rings. The van der Waals surface area contributed by atoms with Gasteiger partial charge >= 0.3 is 6.09 Å². The average Bonchev–Trinajstić information content (AvgIpc) is 2.75. The van der Waals surface area contributed by atoms with Crippen molar-refractivity contribution in [1.29, 1.82) is 0 Å². The summed E-state index contributed by atoms with van der Waals surface area (Å²) in [6, 6.07) is 15.1. The fraction of sp³-hybridized carbons (Fsp3) is 0.364. The third-order valence-electron chi connectivity index (χ3n) is 4.45. The molecule has 8 heteroatoms. The molecule has 1 unspecified atom stereocenters. The number of amides is 2. The van der Waals surface area contributed by atoms with Crippen molar-refractivity contribution in [2.75, 3.05) is 25.5 Å². The predicted molar refractivity (Wildman–Crippen MR) is 119 cm³/mol. The Hall–Kier alpha value is -2.61. The van der Waals surface area contributed by atoms with E-state index in [0.717, 1.165) is 12.0 Å². The summed E-state index contributed by atoms with van der Waals surface area (Å²) >= 11 is 6.14. The molecule has 0 aliphatic heterocycles. The Bertz CT molecular complexity index is 814. The fourth-order valence-corrected chi connectivity index (χ4v) is 2.88. The quantitative estimate of drug-likeness (QED) is 0.375. The van der Waals surface area contributed by atoms with Crippen molar-refractivity contribution in [1.82, 2.24) is 16.0 Å². The fourth-order valence-electron chi connectivity index (χ4n) is 2.68. The van der Waals surface area contributed by atoms with Crippen molar-refractivity contribution in [2.24, 2.45) is 0 Å². The SMILES string of the molecule is CCc1ccc(NC(=O)OCC[N]C(=O)CC(NC)NCc2ccccc2Cl)cc1. The van der Waals surface area contributed by atoms with Crippen molar-refractivity contribution in [3.8, 4) is 0 Å². The lowest BCUT2D eigenvalue weighted by Crippen LogP contribution is -2.43. The standard InChI is InChI=1S/C22H28ClN4O3/c1-3-16-8-10-18(11-9-16)27-22(29)30-13-12-25-21(28)14-20(24-2)26-15-17-6-4-5-7-19(17)23/h4-11,20,24,26H,3,12-15H2,1-2H3,(H,27,29). The molecule has 0 aliphatic rings. The third kappa shape index (κ3) is 8.41. The molecule has 0 fully saturated rings. The van der Waals surface area contributed by atoms with Gasteiger partial charge in [0.15, 0.2) is 0 Å². The van der Waals surface area contributed by atoms with Gasteiger partial charge in [-0.25, -0.2) is 10.1 Å². The van der Waals surface area contributed by atoms with Gasteiger partial charge in [-0.05, 0) is 42.8 Å². The molecule has 0 saturated carbocycles. The minimum Gasteiger partial charge on any atom is -0.447 e. The summed E-state index contributed by atoms with van der Waals surface area (Å²) in [4.78, 5) is 23.9. The maximum absolute atomic E-state index is 12.1. The second kappa shape index (κ2) is 12.8. The molecule has 2 amide bonds. The van der Waals surface area contributed by atoms with E-state index >= 15 is 0 Å². The van der Waals surface area contributed by atoms with Crippen molar-refractivity contribution in [2.45, 2.75) is 32.5 Å². The highest BCUT2D eigenvalue weighted by Crippen LogP contribution is 2.14. The molecule has 0 aromatic heterocycles. The van der Waals surface area contributed by atoms with Crippen molar-refractivity contribution < 1.29 is 14.3 Å². The lowest BCUT2D eigenvalue weighted by atomic mass is 10.1. The van der Waals surface area contributed by atoms with Gasteiger partial charge in [-0.1, -0.05) is 48.9 Å². The number of ether oxygens (including phenoxy) is 1. The molecule has 2 aromatic carbocycles. The van der Waals surface area contributed by atoms with Crippen LogP contribution in [0.5, 0.6) is 0 Å². The largest absolute Gasteiger partial charge is 0.447 e. The monoisotopic (exact) mass is 431 g/mol. The molecular formula is C22H28ClN4O3. The van der Waals surface area contributed by atoms with Gasteiger partial charge in [0.1, 0.15) is 6.61 Å². The number of halogens is 1.